The Bertz CT molecular complexity index is 669. The molecule has 0 fully saturated rings. The summed E-state index contributed by atoms with van der Waals surface area (Å²) in [6.45, 7) is 0.487. The van der Waals surface area contributed by atoms with E-state index in [-0.39, 0.29) is 17.5 Å². The molecule has 2 aliphatic rings. The number of aliphatic hydroxyl groups excluding tert-OH is 1. The molecule has 0 bridgehead atoms. The van der Waals surface area contributed by atoms with Crippen LogP contribution in [-0.4, -0.2) is 28.4 Å². The van der Waals surface area contributed by atoms with Crippen LogP contribution in [-0.2, 0) is 0 Å². The van der Waals surface area contributed by atoms with Gasteiger partial charge in [0.2, 0.25) is 0 Å². The summed E-state index contributed by atoms with van der Waals surface area (Å²) in [6.07, 6.45) is 1.98. The Morgan fingerprint density at radius 2 is 2.26 bits per heavy atom. The first-order valence-corrected chi connectivity index (χ1v) is 6.51. The molecule has 1 amide bonds. The Morgan fingerprint density at radius 3 is 2.95 bits per heavy atom. The number of H-pyrrole nitrogens is 1. The number of aliphatic imine (C=N–C) groups is 1. The molecule has 0 saturated heterocycles. The summed E-state index contributed by atoms with van der Waals surface area (Å²) in [5.74, 6) is 0.125. The first-order chi connectivity index (χ1) is 9.06. The molecule has 0 saturated carbocycles. The third-order valence-corrected chi connectivity index (χ3v) is 3.48. The number of amidine groups is 1. The molecule has 7 heteroatoms. The second kappa shape index (κ2) is 4.27. The van der Waals surface area contributed by atoms with Crippen molar-refractivity contribution in [2.45, 2.75) is 6.42 Å². The number of aromatic amines is 1. The van der Waals surface area contributed by atoms with Gasteiger partial charge in [-0.3, -0.25) is 4.79 Å². The number of nitrogens with two attached hydrogens (primary N) is 1. The minimum Gasteiger partial charge on any atom is -0.506 e. The SMILES string of the molecule is NC1=NC(=C2CCNC(=O)c3[nH]c(Br)cc32)C(O)=C1. The van der Waals surface area contributed by atoms with Crippen LogP contribution in [0.3, 0.4) is 0 Å². The van der Waals surface area contributed by atoms with Crippen LogP contribution in [0.4, 0.5) is 0 Å². The molecule has 19 heavy (non-hydrogen) atoms. The standard InChI is InChI=1S/C12H11BrN4O2/c13-8-3-6-5(10-7(18)4-9(14)17-10)1-2-15-12(19)11(6)16-8/h3-4,16,18H,1-2H2,(H2,14,17)(H,15,19). The average molecular weight is 323 g/mol. The number of nitrogens with one attached hydrogen (secondary N) is 2. The number of aromatic nitrogens is 1. The molecular weight excluding hydrogens is 312 g/mol. The zero-order valence-electron chi connectivity index (χ0n) is 9.83. The van der Waals surface area contributed by atoms with Crippen LogP contribution in [0.5, 0.6) is 0 Å². The van der Waals surface area contributed by atoms with Gasteiger partial charge < -0.3 is 21.1 Å². The summed E-state index contributed by atoms with van der Waals surface area (Å²) in [7, 11) is 0. The molecule has 2 aliphatic heterocycles. The lowest BCUT2D eigenvalue weighted by molar-refractivity contribution is 0.0951. The summed E-state index contributed by atoms with van der Waals surface area (Å²) < 4.78 is 0.700. The minimum atomic E-state index is -0.172. The zero-order valence-corrected chi connectivity index (χ0v) is 11.4. The highest BCUT2D eigenvalue weighted by Gasteiger charge is 2.26. The van der Waals surface area contributed by atoms with Crippen molar-refractivity contribution in [2.75, 3.05) is 6.54 Å². The highest BCUT2D eigenvalue weighted by Crippen LogP contribution is 2.34. The number of carbonyl (C=O) groups is 1. The molecule has 1 aromatic heterocycles. The van der Waals surface area contributed by atoms with E-state index in [2.05, 4.69) is 31.2 Å². The van der Waals surface area contributed by atoms with Gasteiger partial charge in [-0.05, 0) is 34.0 Å². The van der Waals surface area contributed by atoms with Crippen LogP contribution in [0.2, 0.25) is 0 Å². The maximum absolute atomic E-state index is 11.9. The van der Waals surface area contributed by atoms with Gasteiger partial charge in [-0.2, -0.15) is 0 Å². The lowest BCUT2D eigenvalue weighted by Gasteiger charge is -2.06. The molecule has 0 spiro atoms. The number of hydrogen-bond donors (Lipinski definition) is 4. The highest BCUT2D eigenvalue weighted by atomic mass is 79.9. The normalized spacial score (nSPS) is 22.5. The topological polar surface area (TPSA) is 103 Å². The lowest BCUT2D eigenvalue weighted by atomic mass is 10.0. The van der Waals surface area contributed by atoms with Gasteiger partial charge in [-0.15, -0.1) is 0 Å². The third-order valence-electron chi connectivity index (χ3n) is 3.05. The molecule has 1 aromatic rings. The summed E-state index contributed by atoms with van der Waals surface area (Å²) in [5, 5.41) is 12.7. The second-order valence-corrected chi connectivity index (χ2v) is 5.16. The number of hydrogen-bond acceptors (Lipinski definition) is 4. The number of nitrogens with zero attached hydrogens (tertiary/aromatic N) is 1. The van der Waals surface area contributed by atoms with E-state index in [1.165, 1.54) is 6.08 Å². The fourth-order valence-corrected chi connectivity index (χ4v) is 2.69. The largest absolute Gasteiger partial charge is 0.506 e. The van der Waals surface area contributed by atoms with E-state index in [0.29, 0.717) is 29.0 Å². The molecule has 0 aliphatic carbocycles. The average Bonchev–Trinajstić information content (AvgIpc) is 2.84. The third kappa shape index (κ3) is 1.95. The number of rotatable bonds is 0. The first-order valence-electron chi connectivity index (χ1n) is 5.71. The molecule has 98 valence electrons. The Morgan fingerprint density at radius 1 is 1.47 bits per heavy atom. The summed E-state index contributed by atoms with van der Waals surface area (Å²) in [4.78, 5) is 19.0. The molecule has 0 aromatic carbocycles. The maximum atomic E-state index is 11.9. The van der Waals surface area contributed by atoms with Gasteiger partial charge in [-0.25, -0.2) is 4.99 Å². The lowest BCUT2D eigenvalue weighted by Crippen LogP contribution is -2.22. The quantitative estimate of drug-likeness (QED) is 0.581. The van der Waals surface area contributed by atoms with Gasteiger partial charge in [0.05, 0.1) is 4.60 Å². The Kier molecular flexibility index (Phi) is 2.70. The highest BCUT2D eigenvalue weighted by molar-refractivity contribution is 9.10. The van der Waals surface area contributed by atoms with Gasteiger partial charge in [0, 0.05) is 18.2 Å². The molecule has 6 nitrogen and oxygen atoms in total. The monoisotopic (exact) mass is 322 g/mol. The van der Waals surface area contributed by atoms with Crippen LogP contribution in [0.15, 0.2) is 33.2 Å². The Labute approximate surface area is 117 Å². The van der Waals surface area contributed by atoms with Gasteiger partial charge in [0.15, 0.2) is 0 Å². The van der Waals surface area contributed by atoms with E-state index < -0.39 is 0 Å². The van der Waals surface area contributed by atoms with Crippen LogP contribution in [0, 0.1) is 0 Å². The van der Waals surface area contributed by atoms with Gasteiger partial charge in [-0.1, -0.05) is 0 Å². The molecule has 3 heterocycles. The van der Waals surface area contributed by atoms with Crippen molar-refractivity contribution in [3.63, 3.8) is 0 Å². The molecule has 0 radical (unpaired) electrons. The summed E-state index contributed by atoms with van der Waals surface area (Å²) in [6, 6.07) is 1.81. The molecular formula is C12H11BrN4O2. The summed E-state index contributed by atoms with van der Waals surface area (Å²) in [5.41, 5.74) is 8.01. The summed E-state index contributed by atoms with van der Waals surface area (Å²) >= 11 is 3.31. The smallest absolute Gasteiger partial charge is 0.268 e. The van der Waals surface area contributed by atoms with Crippen molar-refractivity contribution >= 4 is 33.2 Å². The number of halogens is 1. The van der Waals surface area contributed by atoms with Crippen molar-refractivity contribution in [2.24, 2.45) is 10.7 Å². The first kappa shape index (κ1) is 12.0. The van der Waals surface area contributed by atoms with Gasteiger partial charge in [0.1, 0.15) is 23.0 Å². The van der Waals surface area contributed by atoms with Crippen molar-refractivity contribution in [3.8, 4) is 0 Å². The van der Waals surface area contributed by atoms with Crippen molar-refractivity contribution < 1.29 is 9.90 Å². The van der Waals surface area contributed by atoms with Gasteiger partial charge in [0.25, 0.3) is 5.91 Å². The van der Waals surface area contributed by atoms with E-state index in [9.17, 15) is 9.90 Å². The molecule has 5 N–H and O–H groups in total. The fourth-order valence-electron chi connectivity index (χ4n) is 2.26. The van der Waals surface area contributed by atoms with Crippen LogP contribution in [0.1, 0.15) is 22.5 Å². The van der Waals surface area contributed by atoms with Crippen LogP contribution < -0.4 is 11.1 Å². The van der Waals surface area contributed by atoms with E-state index in [1.807, 2.05) is 0 Å². The van der Waals surface area contributed by atoms with Crippen molar-refractivity contribution in [1.82, 2.24) is 10.3 Å². The number of fused-ring (bicyclic) bond motifs is 1. The molecule has 3 rings (SSSR count). The van der Waals surface area contributed by atoms with Crippen LogP contribution >= 0.6 is 15.9 Å². The Hall–Kier alpha value is -2.02. The van der Waals surface area contributed by atoms with Crippen molar-refractivity contribution in [1.29, 1.82) is 0 Å². The van der Waals surface area contributed by atoms with E-state index in [0.717, 1.165) is 11.1 Å². The van der Waals surface area contributed by atoms with Crippen molar-refractivity contribution in [3.05, 3.63) is 39.5 Å². The number of carbonyl (C=O) groups excluding carboxylic acids is 1. The number of aliphatic hydroxyl groups is 1. The predicted molar refractivity (Wildman–Crippen MR) is 74.7 cm³/mol. The minimum absolute atomic E-state index is 0.0325. The Balaban J connectivity index is 2.23. The molecule has 0 atom stereocenters. The van der Waals surface area contributed by atoms with E-state index in [1.54, 1.807) is 6.07 Å². The van der Waals surface area contributed by atoms with Gasteiger partial charge >= 0.3 is 0 Å². The predicted octanol–water partition coefficient (Wildman–Crippen LogP) is 1.43. The number of amides is 1. The zero-order chi connectivity index (χ0) is 13.6. The van der Waals surface area contributed by atoms with Crippen LogP contribution in [0.25, 0.3) is 5.57 Å². The fraction of sp³-hybridized carbons (Fsp3) is 0.167. The maximum Gasteiger partial charge on any atom is 0.268 e. The molecule has 0 unspecified atom stereocenters. The second-order valence-electron chi connectivity index (χ2n) is 4.31. The van der Waals surface area contributed by atoms with E-state index >= 15 is 0 Å². The van der Waals surface area contributed by atoms with E-state index in [4.69, 9.17) is 5.73 Å².